The van der Waals surface area contributed by atoms with Crippen LogP contribution >= 0.6 is 11.6 Å². The SMILES string of the molecule is CCOC(=O)C(C)(C)C(O)C(Oc1ccc(Cl)cc1)n1ccnc1. The fourth-order valence-corrected chi connectivity index (χ4v) is 2.28. The molecule has 2 aromatic rings. The highest BCUT2D eigenvalue weighted by atomic mass is 35.5. The minimum atomic E-state index is -1.17. The molecule has 0 aliphatic carbocycles. The van der Waals surface area contributed by atoms with Crippen molar-refractivity contribution in [3.63, 3.8) is 0 Å². The molecule has 1 aromatic heterocycles. The van der Waals surface area contributed by atoms with Gasteiger partial charge in [0.25, 0.3) is 0 Å². The van der Waals surface area contributed by atoms with E-state index < -0.39 is 23.7 Å². The van der Waals surface area contributed by atoms with Crippen LogP contribution in [-0.2, 0) is 9.53 Å². The van der Waals surface area contributed by atoms with Crippen molar-refractivity contribution in [2.45, 2.75) is 33.1 Å². The molecular weight excluding hydrogens is 332 g/mol. The second-order valence-electron chi connectivity index (χ2n) is 5.86. The molecule has 0 aliphatic rings. The number of aliphatic hydroxyl groups excluding tert-OH is 1. The van der Waals surface area contributed by atoms with Crippen molar-refractivity contribution in [2.75, 3.05) is 6.61 Å². The predicted octanol–water partition coefficient (Wildman–Crippen LogP) is 3.06. The van der Waals surface area contributed by atoms with Gasteiger partial charge in [0, 0.05) is 17.4 Å². The van der Waals surface area contributed by atoms with Crippen LogP contribution in [0.25, 0.3) is 0 Å². The highest BCUT2D eigenvalue weighted by molar-refractivity contribution is 6.30. The maximum atomic E-state index is 12.2. The van der Waals surface area contributed by atoms with Gasteiger partial charge in [0.1, 0.15) is 11.9 Å². The standard InChI is InChI=1S/C17H21ClN2O4/c1-4-23-16(22)17(2,3)14(21)15(20-10-9-19-11-20)24-13-7-5-12(18)6-8-13/h5-11,14-15,21H,4H2,1-3H3. The number of hydrogen-bond donors (Lipinski definition) is 1. The third-order valence-electron chi connectivity index (χ3n) is 3.70. The molecule has 0 aliphatic heterocycles. The lowest BCUT2D eigenvalue weighted by molar-refractivity contribution is -0.167. The summed E-state index contributed by atoms with van der Waals surface area (Å²) in [5.74, 6) is 0.0131. The number of hydrogen-bond acceptors (Lipinski definition) is 5. The summed E-state index contributed by atoms with van der Waals surface area (Å²) >= 11 is 5.88. The molecule has 1 aromatic carbocycles. The average Bonchev–Trinajstić information content (AvgIpc) is 3.08. The number of esters is 1. The molecule has 7 heteroatoms. The smallest absolute Gasteiger partial charge is 0.314 e. The lowest BCUT2D eigenvalue weighted by Gasteiger charge is -2.34. The maximum absolute atomic E-state index is 12.2. The minimum Gasteiger partial charge on any atom is -0.467 e. The number of nitrogens with zero attached hydrogens (tertiary/aromatic N) is 2. The topological polar surface area (TPSA) is 73.6 Å². The number of aromatic nitrogens is 2. The fourth-order valence-electron chi connectivity index (χ4n) is 2.16. The largest absolute Gasteiger partial charge is 0.467 e. The summed E-state index contributed by atoms with van der Waals surface area (Å²) in [4.78, 5) is 16.2. The van der Waals surface area contributed by atoms with E-state index in [-0.39, 0.29) is 6.61 Å². The maximum Gasteiger partial charge on any atom is 0.314 e. The number of rotatable bonds is 7. The first-order chi connectivity index (χ1) is 11.4. The molecule has 0 fully saturated rings. The highest BCUT2D eigenvalue weighted by Gasteiger charge is 2.43. The summed E-state index contributed by atoms with van der Waals surface area (Å²) in [5.41, 5.74) is -1.17. The van der Waals surface area contributed by atoms with Crippen molar-refractivity contribution in [1.82, 2.24) is 9.55 Å². The first kappa shape index (κ1) is 18.3. The van der Waals surface area contributed by atoms with Crippen molar-refractivity contribution in [1.29, 1.82) is 0 Å². The van der Waals surface area contributed by atoms with E-state index in [0.717, 1.165) is 0 Å². The molecule has 24 heavy (non-hydrogen) atoms. The Labute approximate surface area is 146 Å². The zero-order chi connectivity index (χ0) is 17.7. The molecule has 2 unspecified atom stereocenters. The van der Waals surface area contributed by atoms with Crippen LogP contribution in [0.2, 0.25) is 5.02 Å². The van der Waals surface area contributed by atoms with Crippen molar-refractivity contribution in [3.8, 4) is 5.75 Å². The third-order valence-corrected chi connectivity index (χ3v) is 3.95. The van der Waals surface area contributed by atoms with Gasteiger partial charge in [-0.1, -0.05) is 11.6 Å². The van der Waals surface area contributed by atoms with E-state index in [4.69, 9.17) is 21.1 Å². The first-order valence-corrected chi connectivity index (χ1v) is 7.99. The van der Waals surface area contributed by atoms with Crippen molar-refractivity contribution in [2.24, 2.45) is 5.41 Å². The zero-order valence-corrected chi connectivity index (χ0v) is 14.6. The summed E-state index contributed by atoms with van der Waals surface area (Å²) in [7, 11) is 0. The van der Waals surface area contributed by atoms with E-state index in [0.29, 0.717) is 10.8 Å². The summed E-state index contributed by atoms with van der Waals surface area (Å²) in [6.07, 6.45) is 2.73. The van der Waals surface area contributed by atoms with Gasteiger partial charge in [0.2, 0.25) is 6.23 Å². The number of ether oxygens (including phenoxy) is 2. The molecule has 6 nitrogen and oxygen atoms in total. The molecule has 2 rings (SSSR count). The van der Waals surface area contributed by atoms with Gasteiger partial charge >= 0.3 is 5.97 Å². The second kappa shape index (κ2) is 7.68. The lowest BCUT2D eigenvalue weighted by atomic mass is 9.85. The molecule has 1 heterocycles. The first-order valence-electron chi connectivity index (χ1n) is 7.61. The molecule has 0 saturated heterocycles. The monoisotopic (exact) mass is 352 g/mol. The number of imidazole rings is 1. The van der Waals surface area contributed by atoms with E-state index in [1.54, 1.807) is 62.0 Å². The average molecular weight is 353 g/mol. The van der Waals surface area contributed by atoms with Gasteiger partial charge in [-0.15, -0.1) is 0 Å². The van der Waals surface area contributed by atoms with Crippen LogP contribution in [0.3, 0.4) is 0 Å². The van der Waals surface area contributed by atoms with Crippen LogP contribution in [0, 0.1) is 5.41 Å². The summed E-state index contributed by atoms with van der Waals surface area (Å²) in [5, 5.41) is 11.4. The van der Waals surface area contributed by atoms with Crippen LogP contribution in [0.1, 0.15) is 27.0 Å². The Hall–Kier alpha value is -2.05. The number of carbonyl (C=O) groups is 1. The molecule has 0 amide bonds. The summed E-state index contributed by atoms with van der Waals surface area (Å²) < 4.78 is 12.6. The number of carbonyl (C=O) groups excluding carboxylic acids is 1. The lowest BCUT2D eigenvalue weighted by Crippen LogP contribution is -2.45. The van der Waals surface area contributed by atoms with Crippen LogP contribution in [0.4, 0.5) is 0 Å². The molecule has 130 valence electrons. The fraction of sp³-hybridized carbons (Fsp3) is 0.412. The normalized spacial score (nSPS) is 14.0. The summed E-state index contributed by atoms with van der Waals surface area (Å²) in [6.45, 7) is 5.19. The van der Waals surface area contributed by atoms with E-state index in [9.17, 15) is 9.90 Å². The number of aliphatic hydroxyl groups is 1. The highest BCUT2D eigenvalue weighted by Crippen LogP contribution is 2.32. The molecule has 0 saturated carbocycles. The van der Waals surface area contributed by atoms with Crippen LogP contribution < -0.4 is 4.74 Å². The summed E-state index contributed by atoms with van der Waals surface area (Å²) in [6, 6.07) is 6.75. The Morgan fingerprint density at radius 3 is 2.58 bits per heavy atom. The molecule has 1 N–H and O–H groups in total. The predicted molar refractivity (Wildman–Crippen MR) is 89.8 cm³/mol. The van der Waals surface area contributed by atoms with E-state index >= 15 is 0 Å². The third kappa shape index (κ3) is 4.07. The van der Waals surface area contributed by atoms with E-state index in [2.05, 4.69) is 4.98 Å². The van der Waals surface area contributed by atoms with Crippen LogP contribution in [-0.4, -0.2) is 33.3 Å². The van der Waals surface area contributed by atoms with Crippen molar-refractivity contribution >= 4 is 17.6 Å². The van der Waals surface area contributed by atoms with Gasteiger partial charge in [-0.2, -0.15) is 0 Å². The second-order valence-corrected chi connectivity index (χ2v) is 6.30. The Balaban J connectivity index is 2.29. The van der Waals surface area contributed by atoms with Gasteiger partial charge in [-0.05, 0) is 45.0 Å². The van der Waals surface area contributed by atoms with E-state index in [1.165, 1.54) is 6.33 Å². The van der Waals surface area contributed by atoms with Crippen LogP contribution in [0.5, 0.6) is 5.75 Å². The Morgan fingerprint density at radius 2 is 2.04 bits per heavy atom. The molecule has 0 bridgehead atoms. The van der Waals surface area contributed by atoms with Gasteiger partial charge in [-0.3, -0.25) is 9.36 Å². The number of benzene rings is 1. The van der Waals surface area contributed by atoms with Crippen LogP contribution in [0.15, 0.2) is 43.0 Å². The van der Waals surface area contributed by atoms with E-state index in [1.807, 2.05) is 0 Å². The zero-order valence-electron chi connectivity index (χ0n) is 13.8. The molecule has 2 atom stereocenters. The van der Waals surface area contributed by atoms with Gasteiger partial charge in [0.05, 0.1) is 18.3 Å². The Morgan fingerprint density at radius 1 is 1.38 bits per heavy atom. The Kier molecular flexibility index (Phi) is 5.85. The quantitative estimate of drug-likeness (QED) is 0.775. The van der Waals surface area contributed by atoms with Crippen molar-refractivity contribution in [3.05, 3.63) is 48.0 Å². The minimum absolute atomic E-state index is 0.239. The molecular formula is C17H21ClN2O4. The Bertz CT molecular complexity index is 656. The molecule has 0 spiro atoms. The van der Waals surface area contributed by atoms with Gasteiger partial charge in [-0.25, -0.2) is 4.98 Å². The molecule has 0 radical (unpaired) electrons. The van der Waals surface area contributed by atoms with Gasteiger partial charge in [0.15, 0.2) is 0 Å². The van der Waals surface area contributed by atoms with Gasteiger partial charge < -0.3 is 14.6 Å². The van der Waals surface area contributed by atoms with Crippen molar-refractivity contribution < 1.29 is 19.4 Å². The number of halogens is 1.